The Morgan fingerprint density at radius 2 is 0.824 bits per heavy atom. The van der Waals surface area contributed by atoms with E-state index < -0.39 is 42.1 Å². The number of aliphatic hydroxyl groups excluding tert-OH is 2. The number of ether oxygens (including phenoxy) is 11. The van der Waals surface area contributed by atoms with Crippen LogP contribution in [0.2, 0.25) is 0 Å². The molecular formula is C72H112O30. The fraction of sp³-hybridized carbons (Fsp3) is 0.694. The van der Waals surface area contributed by atoms with E-state index in [9.17, 15) is 67.7 Å². The van der Waals surface area contributed by atoms with E-state index in [1.807, 2.05) is 13.0 Å². The van der Waals surface area contributed by atoms with Gasteiger partial charge in [-0.25, -0.2) is 14.4 Å². The standard InChI is InChI=1S/2C15H26O4.2C11H16O7.2C10H14O4/c1-3-9-12-13(19-15(12)17)10-7-5-4-6-8-11-14(16)18-2;1-3-10-13(15(17)18)11-8-6-4-5-7-9-12-14(16)19-2;12-7(3-15-5-8-1-10(13)17-8)4-16-6-9-2-11(14)18-9;12-9(7-17-5-1-3-10(13)14)8-18-6-2-4-11(15)16;11-9-5-7(13-9)3-1-2-4-8-6-10(12)14-8;11-9(12)7-5-3-1-2-4-6-8-10(13)14/h12-13H,3-11H2,1-2H3;11H,3-10,12H2,1-2H3,(H,17,18);7-9,12H,1-6H2;1-4,9,12H,5-8H2,(H,13,14)(H,15,16);7-8H,1-6H2;3-6H,1-2,7-8H2,(H,11,12)(H,13,14)/t12-,13-;;;;;/m1...../s1. The summed E-state index contributed by atoms with van der Waals surface area (Å²) in [5.74, 6) is -5.33. The molecule has 102 heavy (non-hydrogen) atoms. The zero-order chi connectivity index (χ0) is 76.1. The minimum atomic E-state index is -1.06. The molecule has 6 atom stereocenters. The van der Waals surface area contributed by atoms with Crippen LogP contribution in [0.1, 0.15) is 206 Å². The molecule has 0 aromatic rings. The van der Waals surface area contributed by atoms with E-state index in [4.69, 9.17) is 68.2 Å². The number of carboxylic acids is 5. The Hall–Kier alpha value is -7.90. The highest BCUT2D eigenvalue weighted by molar-refractivity contribution is 5.86. The summed E-state index contributed by atoms with van der Waals surface area (Å²) >= 11 is 0. The third-order valence-electron chi connectivity index (χ3n) is 15.0. The first-order chi connectivity index (χ1) is 48.8. The number of aliphatic carboxylic acids is 5. The van der Waals surface area contributed by atoms with Crippen LogP contribution in [0.5, 0.6) is 0 Å². The molecule has 5 aliphatic rings. The lowest BCUT2D eigenvalue weighted by Crippen LogP contribution is -2.44. The minimum Gasteiger partial charge on any atom is -0.481 e. The molecule has 0 aromatic heterocycles. The summed E-state index contributed by atoms with van der Waals surface area (Å²) in [6, 6.07) is 0. The Kier molecular flexibility index (Phi) is 57.0. The number of hydrogen-bond acceptors (Lipinski definition) is 25. The third kappa shape index (κ3) is 55.7. The van der Waals surface area contributed by atoms with Gasteiger partial charge in [-0.15, -0.1) is 0 Å². The van der Waals surface area contributed by atoms with Gasteiger partial charge in [0.15, 0.2) is 0 Å². The van der Waals surface area contributed by atoms with E-state index in [2.05, 4.69) is 16.4 Å². The van der Waals surface area contributed by atoms with E-state index in [1.54, 1.807) is 24.3 Å². The van der Waals surface area contributed by atoms with Crippen molar-refractivity contribution in [3.05, 3.63) is 60.3 Å². The number of aliphatic hydroxyl groups is 2. The SMILES string of the molecule is CCCC(=CCCCCCCCC(=O)OC)C(=O)O.CCC[C@H]1C(=O)O[C@@H]1CCCCCCCC(=O)OC.O=C(O)C=CCOCC(O)COCC=CC(=O)O.O=C(O)CC=CCCC=CCC(=O)O.O=C1CC(CCCCC2CC(=O)O2)O1.O=C1CC(COCC(O)COCC2CC(=O)O2)O1. The lowest BCUT2D eigenvalue weighted by atomic mass is 9.88. The molecule has 5 saturated heterocycles. The van der Waals surface area contributed by atoms with Crippen LogP contribution >= 0.6 is 0 Å². The summed E-state index contributed by atoms with van der Waals surface area (Å²) in [6.45, 7) is 5.11. The van der Waals surface area contributed by atoms with Crippen LogP contribution in [0.3, 0.4) is 0 Å². The Bertz CT molecular complexity index is 2450. The van der Waals surface area contributed by atoms with Crippen LogP contribution in [-0.2, 0) is 110 Å². The van der Waals surface area contributed by atoms with Crippen molar-refractivity contribution in [3.63, 3.8) is 0 Å². The third-order valence-corrected chi connectivity index (χ3v) is 15.0. The smallest absolute Gasteiger partial charge is 0.331 e. The maximum absolute atomic E-state index is 11.2. The average Bonchev–Trinajstić information content (AvgIpc) is 0.823. The van der Waals surface area contributed by atoms with E-state index in [0.717, 1.165) is 147 Å². The van der Waals surface area contributed by atoms with Gasteiger partial charge in [-0.3, -0.25) is 43.2 Å². The van der Waals surface area contributed by atoms with E-state index in [-0.39, 0.29) is 131 Å². The summed E-state index contributed by atoms with van der Waals surface area (Å²) in [5, 5.41) is 60.9. The van der Waals surface area contributed by atoms with Crippen molar-refractivity contribution < 1.29 is 145 Å². The molecule has 0 spiro atoms. The van der Waals surface area contributed by atoms with Crippen LogP contribution in [0.25, 0.3) is 0 Å². The van der Waals surface area contributed by atoms with Crippen LogP contribution < -0.4 is 0 Å². The Morgan fingerprint density at radius 3 is 1.19 bits per heavy atom. The van der Waals surface area contributed by atoms with Crippen molar-refractivity contribution in [2.75, 3.05) is 67.1 Å². The van der Waals surface area contributed by atoms with E-state index in [0.29, 0.717) is 63.7 Å². The van der Waals surface area contributed by atoms with Crippen LogP contribution in [0.15, 0.2) is 60.3 Å². The molecule has 0 saturated carbocycles. The average molecular weight is 1460 g/mol. The molecule has 4 unspecified atom stereocenters. The molecule has 0 bridgehead atoms. The van der Waals surface area contributed by atoms with Crippen molar-refractivity contribution >= 4 is 71.6 Å². The number of esters is 7. The molecule has 5 rings (SSSR count). The number of hydrogen-bond donors (Lipinski definition) is 7. The molecular weight excluding hydrogens is 1340 g/mol. The second-order valence-corrected chi connectivity index (χ2v) is 24.1. The first kappa shape index (κ1) is 94.1. The number of rotatable bonds is 51. The van der Waals surface area contributed by atoms with E-state index >= 15 is 0 Å². The maximum Gasteiger partial charge on any atom is 0.331 e. The van der Waals surface area contributed by atoms with Gasteiger partial charge in [-0.05, 0) is 89.9 Å². The highest BCUT2D eigenvalue weighted by atomic mass is 16.6. The number of carbonyl (C=O) groups excluding carboxylic acids is 7. The zero-order valence-electron chi connectivity index (χ0n) is 59.7. The number of carbonyl (C=O) groups is 12. The topological polar surface area (TPSA) is 448 Å². The van der Waals surface area contributed by atoms with Crippen molar-refractivity contribution in [2.45, 2.75) is 249 Å². The quantitative estimate of drug-likeness (QED) is 0.00984. The predicted octanol–water partition coefficient (Wildman–Crippen LogP) is 8.61. The van der Waals surface area contributed by atoms with Gasteiger partial charge in [0.2, 0.25) is 0 Å². The highest BCUT2D eigenvalue weighted by Crippen LogP contribution is 2.31. The van der Waals surface area contributed by atoms with Gasteiger partial charge in [0.25, 0.3) is 0 Å². The van der Waals surface area contributed by atoms with Crippen LogP contribution in [-0.4, -0.2) is 217 Å². The van der Waals surface area contributed by atoms with Crippen molar-refractivity contribution in [1.29, 1.82) is 0 Å². The van der Waals surface area contributed by atoms with Crippen molar-refractivity contribution in [1.82, 2.24) is 0 Å². The Labute approximate surface area is 597 Å². The molecule has 0 amide bonds. The number of methoxy groups -OCH3 is 2. The highest BCUT2D eigenvalue weighted by Gasteiger charge is 2.40. The van der Waals surface area contributed by atoms with Crippen LogP contribution in [0, 0.1) is 5.92 Å². The Morgan fingerprint density at radius 1 is 0.441 bits per heavy atom. The number of unbranched alkanes of at least 4 members (excludes halogenated alkanes) is 11. The molecule has 5 aliphatic heterocycles. The predicted molar refractivity (Wildman–Crippen MR) is 365 cm³/mol. The summed E-state index contributed by atoms with van der Waals surface area (Å²) in [6.07, 6.45) is 35.9. The van der Waals surface area contributed by atoms with Gasteiger partial charge in [0, 0.05) is 30.6 Å². The zero-order valence-corrected chi connectivity index (χ0v) is 59.7. The van der Waals surface area contributed by atoms with Gasteiger partial charge in [-0.2, -0.15) is 0 Å². The van der Waals surface area contributed by atoms with Crippen LogP contribution in [0.4, 0.5) is 0 Å². The monoisotopic (exact) mass is 1460 g/mol. The first-order valence-corrected chi connectivity index (χ1v) is 35.1. The fourth-order valence-electron chi connectivity index (χ4n) is 9.51. The summed E-state index contributed by atoms with van der Waals surface area (Å²) < 4.78 is 53.8. The molecule has 0 aromatic carbocycles. The number of allylic oxidation sites excluding steroid dienone is 3. The summed E-state index contributed by atoms with van der Waals surface area (Å²) in [5.41, 5.74) is 0.535. The lowest BCUT2D eigenvalue weighted by Gasteiger charge is -2.35. The molecule has 5 fully saturated rings. The van der Waals surface area contributed by atoms with Gasteiger partial charge in [0.1, 0.15) is 42.7 Å². The molecule has 30 heteroatoms. The molecule has 580 valence electrons. The van der Waals surface area contributed by atoms with Gasteiger partial charge < -0.3 is 87.9 Å². The number of cyclic esters (lactones) is 5. The first-order valence-electron chi connectivity index (χ1n) is 35.1. The fourth-order valence-corrected chi connectivity index (χ4v) is 9.51. The lowest BCUT2D eigenvalue weighted by molar-refractivity contribution is -0.186. The number of carboxylic acid groups (broad SMARTS) is 5. The molecule has 0 radical (unpaired) electrons. The maximum atomic E-state index is 11.2. The minimum absolute atomic E-state index is 0.00655. The van der Waals surface area contributed by atoms with E-state index in [1.165, 1.54) is 26.4 Å². The van der Waals surface area contributed by atoms with Crippen molar-refractivity contribution in [2.24, 2.45) is 5.92 Å². The molecule has 0 aliphatic carbocycles. The second-order valence-electron chi connectivity index (χ2n) is 24.1. The summed E-state index contributed by atoms with van der Waals surface area (Å²) in [4.78, 5) is 126. The van der Waals surface area contributed by atoms with Gasteiger partial charge in [0.05, 0.1) is 112 Å². The second kappa shape index (κ2) is 61.7. The summed E-state index contributed by atoms with van der Waals surface area (Å²) in [7, 11) is 2.83. The Balaban J connectivity index is 0.00000120. The van der Waals surface area contributed by atoms with Gasteiger partial charge in [-0.1, -0.05) is 108 Å². The molecule has 30 nitrogen and oxygen atoms in total. The normalized spacial score (nSPS) is 19.0. The van der Waals surface area contributed by atoms with Crippen molar-refractivity contribution in [3.8, 4) is 0 Å². The molecule has 5 heterocycles. The molecule has 7 N–H and O–H groups in total. The van der Waals surface area contributed by atoms with Gasteiger partial charge >= 0.3 is 71.6 Å². The largest absolute Gasteiger partial charge is 0.481 e.